The molecule has 2 fully saturated rings. The second kappa shape index (κ2) is 5.02. The van der Waals surface area contributed by atoms with Gasteiger partial charge < -0.3 is 10.2 Å². The molecule has 0 amide bonds. The van der Waals surface area contributed by atoms with E-state index in [0.717, 1.165) is 12.0 Å². The maximum Gasteiger partial charge on any atom is 0.0351 e. The largest absolute Gasteiger partial charge is 0.306 e. The summed E-state index contributed by atoms with van der Waals surface area (Å²) in [6, 6.07) is 12.9. The number of rotatable bonds is 4. The van der Waals surface area contributed by atoms with Gasteiger partial charge in [-0.2, -0.15) is 0 Å². The molecular formula is C16H24N2. The van der Waals surface area contributed by atoms with Crippen LogP contribution in [0.15, 0.2) is 30.3 Å². The average molecular weight is 244 g/mol. The predicted octanol–water partition coefficient (Wildman–Crippen LogP) is 2.82. The van der Waals surface area contributed by atoms with Gasteiger partial charge >= 0.3 is 0 Å². The van der Waals surface area contributed by atoms with Gasteiger partial charge in [0, 0.05) is 24.7 Å². The maximum absolute atomic E-state index is 3.91. The van der Waals surface area contributed by atoms with E-state index in [1.165, 1.54) is 31.4 Å². The molecule has 0 bridgehead atoms. The SMILES string of the molecule is CC1CC(NC(c2ccccc2)C2CC2)CN1C. The minimum absolute atomic E-state index is 0.579. The molecule has 0 aromatic heterocycles. The fraction of sp³-hybridized carbons (Fsp3) is 0.625. The van der Waals surface area contributed by atoms with E-state index in [1.807, 2.05) is 0 Å². The smallest absolute Gasteiger partial charge is 0.0351 e. The van der Waals surface area contributed by atoms with Crippen molar-refractivity contribution in [1.29, 1.82) is 0 Å². The standard InChI is InChI=1S/C16H24N2/c1-12-10-15(11-18(12)2)17-16(14-8-9-14)13-6-4-3-5-7-13/h3-7,12,14-17H,8-11H2,1-2H3. The van der Waals surface area contributed by atoms with Crippen molar-refractivity contribution in [2.75, 3.05) is 13.6 Å². The summed E-state index contributed by atoms with van der Waals surface area (Å²) in [4.78, 5) is 2.46. The summed E-state index contributed by atoms with van der Waals surface area (Å²) in [5.41, 5.74) is 1.47. The fourth-order valence-corrected chi connectivity index (χ4v) is 3.16. The Hall–Kier alpha value is -0.860. The van der Waals surface area contributed by atoms with Crippen LogP contribution in [-0.4, -0.2) is 30.6 Å². The van der Waals surface area contributed by atoms with Crippen molar-refractivity contribution in [3.8, 4) is 0 Å². The van der Waals surface area contributed by atoms with Crippen LogP contribution >= 0.6 is 0 Å². The van der Waals surface area contributed by atoms with Gasteiger partial charge in [0.15, 0.2) is 0 Å². The number of hydrogen-bond donors (Lipinski definition) is 1. The summed E-state index contributed by atoms with van der Waals surface area (Å²) in [6.45, 7) is 3.52. The summed E-state index contributed by atoms with van der Waals surface area (Å²) in [5.74, 6) is 0.869. The second-order valence-electron chi connectivity index (χ2n) is 6.11. The number of nitrogens with zero attached hydrogens (tertiary/aromatic N) is 1. The molecule has 1 aromatic rings. The van der Waals surface area contributed by atoms with E-state index >= 15 is 0 Å². The summed E-state index contributed by atoms with van der Waals surface area (Å²) < 4.78 is 0. The molecule has 1 aliphatic carbocycles. The number of nitrogens with one attached hydrogen (secondary N) is 1. The van der Waals surface area contributed by atoms with Gasteiger partial charge in [0.1, 0.15) is 0 Å². The van der Waals surface area contributed by atoms with Gasteiger partial charge in [-0.05, 0) is 44.7 Å². The molecule has 2 aliphatic rings. The normalized spacial score (nSPS) is 30.6. The van der Waals surface area contributed by atoms with Gasteiger partial charge in [0.2, 0.25) is 0 Å². The van der Waals surface area contributed by atoms with E-state index in [4.69, 9.17) is 0 Å². The first-order chi connectivity index (χ1) is 8.74. The van der Waals surface area contributed by atoms with Crippen molar-refractivity contribution in [1.82, 2.24) is 10.2 Å². The molecule has 3 unspecified atom stereocenters. The average Bonchev–Trinajstić information content (AvgIpc) is 3.16. The summed E-state index contributed by atoms with van der Waals surface area (Å²) >= 11 is 0. The Morgan fingerprint density at radius 1 is 1.22 bits per heavy atom. The molecule has 18 heavy (non-hydrogen) atoms. The zero-order valence-corrected chi connectivity index (χ0v) is 11.5. The lowest BCUT2D eigenvalue weighted by molar-refractivity contribution is 0.322. The lowest BCUT2D eigenvalue weighted by Gasteiger charge is -2.23. The zero-order chi connectivity index (χ0) is 12.5. The first kappa shape index (κ1) is 12.2. The van der Waals surface area contributed by atoms with Crippen molar-refractivity contribution in [3.05, 3.63) is 35.9 Å². The molecule has 1 aromatic carbocycles. The Bertz CT molecular complexity index is 375. The van der Waals surface area contributed by atoms with Crippen molar-refractivity contribution in [3.63, 3.8) is 0 Å². The van der Waals surface area contributed by atoms with Crippen LogP contribution in [0.4, 0.5) is 0 Å². The Morgan fingerprint density at radius 3 is 2.50 bits per heavy atom. The van der Waals surface area contributed by atoms with Crippen LogP contribution in [0.1, 0.15) is 37.8 Å². The molecule has 1 aliphatic heterocycles. The number of likely N-dealkylation sites (N-methyl/N-ethyl adjacent to an activating group) is 1. The second-order valence-corrected chi connectivity index (χ2v) is 6.11. The van der Waals surface area contributed by atoms with Gasteiger partial charge in [0.25, 0.3) is 0 Å². The minimum atomic E-state index is 0.579. The third kappa shape index (κ3) is 2.60. The molecule has 0 radical (unpaired) electrons. The number of benzene rings is 1. The lowest BCUT2D eigenvalue weighted by Crippen LogP contribution is -2.35. The van der Waals surface area contributed by atoms with E-state index < -0.39 is 0 Å². The molecule has 1 N–H and O–H groups in total. The molecule has 3 rings (SSSR count). The van der Waals surface area contributed by atoms with E-state index in [0.29, 0.717) is 12.1 Å². The van der Waals surface area contributed by atoms with Gasteiger partial charge in [-0.3, -0.25) is 0 Å². The van der Waals surface area contributed by atoms with Gasteiger partial charge in [0.05, 0.1) is 0 Å². The Morgan fingerprint density at radius 2 is 1.94 bits per heavy atom. The minimum Gasteiger partial charge on any atom is -0.306 e. The number of hydrogen-bond acceptors (Lipinski definition) is 2. The first-order valence-corrected chi connectivity index (χ1v) is 7.25. The molecule has 0 spiro atoms. The van der Waals surface area contributed by atoms with Gasteiger partial charge in [-0.15, -0.1) is 0 Å². The van der Waals surface area contributed by atoms with Crippen LogP contribution in [0.25, 0.3) is 0 Å². The van der Waals surface area contributed by atoms with Crippen molar-refractivity contribution < 1.29 is 0 Å². The molecule has 3 atom stereocenters. The third-order valence-corrected chi connectivity index (χ3v) is 4.55. The van der Waals surface area contributed by atoms with Crippen LogP contribution in [0.5, 0.6) is 0 Å². The van der Waals surface area contributed by atoms with Crippen LogP contribution < -0.4 is 5.32 Å². The fourth-order valence-electron chi connectivity index (χ4n) is 3.16. The van der Waals surface area contributed by atoms with Crippen LogP contribution in [-0.2, 0) is 0 Å². The summed E-state index contributed by atoms with van der Waals surface area (Å²) in [7, 11) is 2.24. The number of likely N-dealkylation sites (tertiary alicyclic amines) is 1. The van der Waals surface area contributed by atoms with E-state index in [1.54, 1.807) is 0 Å². The van der Waals surface area contributed by atoms with Gasteiger partial charge in [-0.25, -0.2) is 0 Å². The molecular weight excluding hydrogens is 220 g/mol. The quantitative estimate of drug-likeness (QED) is 0.876. The summed E-state index contributed by atoms with van der Waals surface area (Å²) in [6.07, 6.45) is 4.07. The Balaban J connectivity index is 1.68. The summed E-state index contributed by atoms with van der Waals surface area (Å²) in [5, 5.41) is 3.91. The highest BCUT2D eigenvalue weighted by atomic mass is 15.2. The predicted molar refractivity (Wildman–Crippen MR) is 75.5 cm³/mol. The zero-order valence-electron chi connectivity index (χ0n) is 11.5. The Labute approximate surface area is 110 Å². The van der Waals surface area contributed by atoms with Crippen molar-refractivity contribution in [2.24, 2.45) is 5.92 Å². The maximum atomic E-state index is 3.91. The van der Waals surface area contributed by atoms with E-state index in [-0.39, 0.29) is 0 Å². The van der Waals surface area contributed by atoms with E-state index in [9.17, 15) is 0 Å². The molecule has 1 heterocycles. The van der Waals surface area contributed by atoms with Crippen LogP contribution in [0, 0.1) is 5.92 Å². The van der Waals surface area contributed by atoms with Crippen molar-refractivity contribution >= 4 is 0 Å². The molecule has 1 saturated carbocycles. The molecule has 2 heteroatoms. The van der Waals surface area contributed by atoms with Crippen LogP contribution in [0.2, 0.25) is 0 Å². The monoisotopic (exact) mass is 244 g/mol. The lowest BCUT2D eigenvalue weighted by atomic mass is 10.0. The highest BCUT2D eigenvalue weighted by molar-refractivity contribution is 5.21. The third-order valence-electron chi connectivity index (χ3n) is 4.55. The molecule has 98 valence electrons. The van der Waals surface area contributed by atoms with Gasteiger partial charge in [-0.1, -0.05) is 30.3 Å². The van der Waals surface area contributed by atoms with Crippen molar-refractivity contribution in [2.45, 2.75) is 44.3 Å². The van der Waals surface area contributed by atoms with E-state index in [2.05, 4.69) is 54.5 Å². The highest BCUT2D eigenvalue weighted by Crippen LogP contribution is 2.41. The Kier molecular flexibility index (Phi) is 3.40. The molecule has 2 nitrogen and oxygen atoms in total. The first-order valence-electron chi connectivity index (χ1n) is 7.25. The van der Waals surface area contributed by atoms with Crippen LogP contribution in [0.3, 0.4) is 0 Å². The highest BCUT2D eigenvalue weighted by Gasteiger charge is 2.35. The molecule has 1 saturated heterocycles. The topological polar surface area (TPSA) is 15.3 Å².